The fraction of sp³-hybridized carbons (Fsp3) is 0.600. The van der Waals surface area contributed by atoms with E-state index in [1.807, 2.05) is 0 Å². The number of benzene rings is 1. The van der Waals surface area contributed by atoms with Crippen LogP contribution in [-0.4, -0.2) is 146 Å². The number of nitrogens with two attached hydrogens (primary N) is 1. The Labute approximate surface area is 365 Å². The molecule has 10 amide bonds. The minimum atomic E-state index is -1.69. The van der Waals surface area contributed by atoms with Crippen LogP contribution in [0.4, 0.5) is 0 Å². The van der Waals surface area contributed by atoms with Gasteiger partial charge in [0.25, 0.3) is 0 Å². The van der Waals surface area contributed by atoms with Gasteiger partial charge in [0, 0.05) is 46.8 Å². The standard InChI is InChI=1S/C40H62N10O13/c1-23(2)20-31-38(58)46-32(21-27-12-7-6-8-13-27)39(59)44-29(15-10-18-49(62)25(4)52)36(56)42-28(14-9-17-48(61)24(3)51)35(55)43-30(16-11-19-50(63)26(5)53)37(57)47-33(22-34(41)54)40(60)45-31/h6-8,12-13,23,28-33,61-63H,9-11,14-22H2,1-5H3,(H2,41,54)(H,42,56)(H,43,55)(H,44,59)(H,45,60)(H,46,58)(H,47,57). The third-order valence-corrected chi connectivity index (χ3v) is 9.87. The molecule has 0 spiro atoms. The first-order valence-corrected chi connectivity index (χ1v) is 20.6. The normalized spacial score (nSPS) is 21.6. The Bertz CT molecular complexity index is 1780. The monoisotopic (exact) mass is 890 g/mol. The van der Waals surface area contributed by atoms with E-state index in [4.69, 9.17) is 5.73 Å². The highest BCUT2D eigenvalue weighted by Crippen LogP contribution is 2.12. The van der Waals surface area contributed by atoms with Crippen LogP contribution >= 0.6 is 0 Å². The molecule has 1 fully saturated rings. The molecule has 1 aliphatic heterocycles. The summed E-state index contributed by atoms with van der Waals surface area (Å²) in [4.78, 5) is 132. The summed E-state index contributed by atoms with van der Waals surface area (Å²) in [6.07, 6.45) is -1.87. The van der Waals surface area contributed by atoms with Crippen molar-refractivity contribution in [1.29, 1.82) is 0 Å². The van der Waals surface area contributed by atoms with Gasteiger partial charge in [-0.05, 0) is 56.4 Å². The van der Waals surface area contributed by atoms with Gasteiger partial charge in [0.05, 0.1) is 6.42 Å². The zero-order chi connectivity index (χ0) is 47.4. The van der Waals surface area contributed by atoms with Crippen LogP contribution in [0.25, 0.3) is 0 Å². The molecule has 1 heterocycles. The predicted octanol–water partition coefficient (Wildman–Crippen LogP) is -1.87. The molecule has 1 aromatic carbocycles. The second-order valence-electron chi connectivity index (χ2n) is 15.7. The van der Waals surface area contributed by atoms with Gasteiger partial charge in [-0.25, -0.2) is 15.2 Å². The van der Waals surface area contributed by atoms with Crippen molar-refractivity contribution in [2.45, 2.75) is 129 Å². The predicted molar refractivity (Wildman–Crippen MR) is 220 cm³/mol. The minimum Gasteiger partial charge on any atom is -0.370 e. The molecule has 0 saturated carbocycles. The number of carbonyl (C=O) groups excluding carboxylic acids is 10. The lowest BCUT2D eigenvalue weighted by Gasteiger charge is -2.30. The first-order chi connectivity index (χ1) is 29.6. The molecule has 350 valence electrons. The molecule has 1 aromatic rings. The van der Waals surface area contributed by atoms with Gasteiger partial charge in [-0.15, -0.1) is 0 Å². The number of hydrogen-bond acceptors (Lipinski definition) is 13. The second kappa shape index (κ2) is 26.3. The molecule has 23 nitrogen and oxygen atoms in total. The molecule has 11 N–H and O–H groups in total. The maximum absolute atomic E-state index is 14.2. The average molecular weight is 891 g/mol. The van der Waals surface area contributed by atoms with Crippen molar-refractivity contribution < 1.29 is 63.6 Å². The summed E-state index contributed by atoms with van der Waals surface area (Å²) in [7, 11) is 0. The first kappa shape index (κ1) is 52.9. The Morgan fingerprint density at radius 2 is 0.857 bits per heavy atom. The number of hydrogen-bond donors (Lipinski definition) is 10. The van der Waals surface area contributed by atoms with Crippen molar-refractivity contribution in [3.63, 3.8) is 0 Å². The van der Waals surface area contributed by atoms with Crippen LogP contribution in [0.2, 0.25) is 0 Å². The molecule has 0 aromatic heterocycles. The molecular formula is C40H62N10O13. The summed E-state index contributed by atoms with van der Waals surface area (Å²) in [6, 6.07) is -0.468. The lowest BCUT2D eigenvalue weighted by molar-refractivity contribution is -0.163. The maximum Gasteiger partial charge on any atom is 0.243 e. The molecule has 6 unspecified atom stereocenters. The number of carbonyl (C=O) groups is 10. The summed E-state index contributed by atoms with van der Waals surface area (Å²) in [5.41, 5.74) is 6.05. The molecule has 0 bridgehead atoms. The zero-order valence-electron chi connectivity index (χ0n) is 36.3. The number of nitrogens with zero attached hydrogens (tertiary/aromatic N) is 3. The molecular weight excluding hydrogens is 828 g/mol. The van der Waals surface area contributed by atoms with Gasteiger partial charge in [0.1, 0.15) is 36.3 Å². The summed E-state index contributed by atoms with van der Waals surface area (Å²) >= 11 is 0. The van der Waals surface area contributed by atoms with Crippen molar-refractivity contribution in [3.05, 3.63) is 35.9 Å². The van der Waals surface area contributed by atoms with E-state index in [9.17, 15) is 63.6 Å². The van der Waals surface area contributed by atoms with E-state index >= 15 is 0 Å². The smallest absolute Gasteiger partial charge is 0.243 e. The van der Waals surface area contributed by atoms with E-state index in [0.717, 1.165) is 20.8 Å². The van der Waals surface area contributed by atoms with Crippen LogP contribution in [0.3, 0.4) is 0 Å². The molecule has 0 radical (unpaired) electrons. The fourth-order valence-corrected chi connectivity index (χ4v) is 6.42. The third kappa shape index (κ3) is 19.2. The van der Waals surface area contributed by atoms with Gasteiger partial charge in [-0.1, -0.05) is 44.2 Å². The van der Waals surface area contributed by atoms with Crippen LogP contribution in [0.15, 0.2) is 30.3 Å². The molecule has 6 atom stereocenters. The van der Waals surface area contributed by atoms with Crippen LogP contribution in [0.5, 0.6) is 0 Å². The quantitative estimate of drug-likeness (QED) is 0.0571. The van der Waals surface area contributed by atoms with Gasteiger partial charge in [0.15, 0.2) is 0 Å². The van der Waals surface area contributed by atoms with Crippen molar-refractivity contribution >= 4 is 59.1 Å². The molecule has 1 aliphatic rings. The highest BCUT2D eigenvalue weighted by atomic mass is 16.5. The Kier molecular flexibility index (Phi) is 22.1. The van der Waals surface area contributed by atoms with E-state index in [1.165, 1.54) is 0 Å². The summed E-state index contributed by atoms with van der Waals surface area (Å²) in [6.45, 7) is 5.93. The second-order valence-corrected chi connectivity index (χ2v) is 15.7. The SMILES string of the molecule is CC(=O)N(O)CCCC1NC(=O)C(CCCN(O)C(C)=O)NC(=O)C(Cc2ccccc2)NC(=O)C(CC(C)C)NC(=O)C(CC(N)=O)NC(=O)C(CCCN(O)C(C)=O)NC1=O. The Hall–Kier alpha value is -6.20. The summed E-state index contributed by atoms with van der Waals surface area (Å²) in [5, 5.41) is 46.4. The van der Waals surface area contributed by atoms with Crippen LogP contribution in [-0.2, 0) is 54.4 Å². The largest absolute Gasteiger partial charge is 0.370 e. The van der Waals surface area contributed by atoms with Gasteiger partial charge >= 0.3 is 0 Å². The first-order valence-electron chi connectivity index (χ1n) is 20.6. The van der Waals surface area contributed by atoms with Crippen LogP contribution < -0.4 is 37.6 Å². The Morgan fingerprint density at radius 1 is 0.540 bits per heavy atom. The fourth-order valence-electron chi connectivity index (χ4n) is 6.42. The Morgan fingerprint density at radius 3 is 1.22 bits per heavy atom. The molecule has 63 heavy (non-hydrogen) atoms. The lowest BCUT2D eigenvalue weighted by atomic mass is 9.99. The van der Waals surface area contributed by atoms with E-state index in [0.29, 0.717) is 20.8 Å². The van der Waals surface area contributed by atoms with E-state index < -0.39 is 102 Å². The molecule has 0 aliphatic carbocycles. The van der Waals surface area contributed by atoms with Crippen LogP contribution in [0.1, 0.15) is 91.5 Å². The van der Waals surface area contributed by atoms with Crippen molar-refractivity contribution in [2.75, 3.05) is 19.6 Å². The summed E-state index contributed by atoms with van der Waals surface area (Å²) in [5.74, 6) is -9.06. The molecule has 23 heteroatoms. The number of amides is 10. The number of nitrogens with one attached hydrogen (secondary N) is 6. The van der Waals surface area contributed by atoms with Crippen LogP contribution in [0, 0.1) is 5.92 Å². The van der Waals surface area contributed by atoms with Gasteiger partial charge in [-0.2, -0.15) is 0 Å². The van der Waals surface area contributed by atoms with Gasteiger partial charge < -0.3 is 37.6 Å². The summed E-state index contributed by atoms with van der Waals surface area (Å²) < 4.78 is 0. The van der Waals surface area contributed by atoms with E-state index in [2.05, 4.69) is 31.9 Å². The number of rotatable bonds is 18. The van der Waals surface area contributed by atoms with Crippen molar-refractivity contribution in [2.24, 2.45) is 11.7 Å². The number of primary amides is 1. The highest BCUT2D eigenvalue weighted by molar-refractivity contribution is 5.99. The van der Waals surface area contributed by atoms with Crippen molar-refractivity contribution in [1.82, 2.24) is 47.1 Å². The number of hydroxylamine groups is 6. The topological polar surface area (TPSA) is 339 Å². The van der Waals surface area contributed by atoms with E-state index in [1.54, 1.807) is 44.2 Å². The minimum absolute atomic E-state index is 0.0155. The van der Waals surface area contributed by atoms with Gasteiger partial charge in [0.2, 0.25) is 59.1 Å². The maximum atomic E-state index is 14.2. The Balaban J connectivity index is 2.76. The molecule has 1 saturated heterocycles. The lowest BCUT2D eigenvalue weighted by Crippen LogP contribution is -2.62. The van der Waals surface area contributed by atoms with E-state index in [-0.39, 0.29) is 76.9 Å². The highest BCUT2D eigenvalue weighted by Gasteiger charge is 2.36. The zero-order valence-corrected chi connectivity index (χ0v) is 36.3. The van der Waals surface area contributed by atoms with Crippen molar-refractivity contribution in [3.8, 4) is 0 Å². The molecule has 2 rings (SSSR count). The average Bonchev–Trinajstić information content (AvgIpc) is 3.20. The third-order valence-electron chi connectivity index (χ3n) is 9.87. The van der Waals surface area contributed by atoms with Gasteiger partial charge in [-0.3, -0.25) is 63.6 Å².